The molecule has 1 saturated carbocycles. The van der Waals surface area contributed by atoms with Gasteiger partial charge in [0.25, 0.3) is 0 Å². The zero-order valence-corrected chi connectivity index (χ0v) is 12.7. The third-order valence-electron chi connectivity index (χ3n) is 3.85. The van der Waals surface area contributed by atoms with Crippen molar-refractivity contribution in [1.29, 1.82) is 0 Å². The van der Waals surface area contributed by atoms with E-state index >= 15 is 0 Å². The van der Waals surface area contributed by atoms with Gasteiger partial charge >= 0.3 is 12.1 Å². The molecule has 0 saturated heterocycles. The van der Waals surface area contributed by atoms with Gasteiger partial charge in [0.2, 0.25) is 0 Å². The van der Waals surface area contributed by atoms with Gasteiger partial charge in [0.1, 0.15) is 12.1 Å². The van der Waals surface area contributed by atoms with Crippen LogP contribution >= 0.6 is 0 Å². The van der Waals surface area contributed by atoms with Crippen LogP contribution in [0, 0.1) is 0 Å². The molecule has 1 amide bonds. The second kappa shape index (κ2) is 10.4. The maximum Gasteiger partial charge on any atom is 0.407 e. The van der Waals surface area contributed by atoms with Crippen LogP contribution in [-0.2, 0) is 9.53 Å². The number of carbonyl (C=O) groups is 2. The van der Waals surface area contributed by atoms with Gasteiger partial charge in [-0.15, -0.1) is 0 Å². The number of hydrogen-bond acceptors (Lipinski definition) is 4. The molecule has 21 heavy (non-hydrogen) atoms. The van der Waals surface area contributed by atoms with E-state index in [9.17, 15) is 9.59 Å². The Morgan fingerprint density at radius 3 is 2.38 bits per heavy atom. The highest BCUT2D eigenvalue weighted by molar-refractivity contribution is 5.72. The number of alkyl carbamates (subject to hydrolysis) is 1. The minimum Gasteiger partial charge on any atom is -0.480 e. The lowest BCUT2D eigenvalue weighted by molar-refractivity contribution is -0.138. The maximum absolute atomic E-state index is 11.7. The number of unbranched alkanes of at least 4 members (excludes halogenated alkanes) is 1. The van der Waals surface area contributed by atoms with Crippen LogP contribution in [0.4, 0.5) is 4.79 Å². The summed E-state index contributed by atoms with van der Waals surface area (Å²) in [5, 5.41) is 11.4. The summed E-state index contributed by atoms with van der Waals surface area (Å²) in [5.41, 5.74) is 5.40. The predicted molar refractivity (Wildman–Crippen MR) is 80.1 cm³/mol. The number of ether oxygens (including phenoxy) is 1. The van der Waals surface area contributed by atoms with Crippen molar-refractivity contribution in [2.24, 2.45) is 5.73 Å². The second-order valence-corrected chi connectivity index (χ2v) is 5.74. The van der Waals surface area contributed by atoms with Gasteiger partial charge in [-0.1, -0.05) is 19.3 Å². The molecule has 1 fully saturated rings. The minimum atomic E-state index is -0.980. The van der Waals surface area contributed by atoms with Gasteiger partial charge in [-0.3, -0.25) is 4.79 Å². The number of amides is 1. The quantitative estimate of drug-likeness (QED) is 0.627. The first-order chi connectivity index (χ1) is 10.1. The lowest BCUT2D eigenvalue weighted by Crippen LogP contribution is -2.31. The van der Waals surface area contributed by atoms with E-state index in [4.69, 9.17) is 15.6 Å². The molecule has 6 nitrogen and oxygen atoms in total. The Morgan fingerprint density at radius 1 is 1.14 bits per heavy atom. The van der Waals surface area contributed by atoms with Crippen molar-refractivity contribution in [3.8, 4) is 0 Å². The normalized spacial score (nSPS) is 18.3. The molecule has 0 aromatic carbocycles. The summed E-state index contributed by atoms with van der Waals surface area (Å²) in [6, 6.07) is -0.813. The summed E-state index contributed by atoms with van der Waals surface area (Å²) in [6.07, 6.45) is 9.42. The Labute approximate surface area is 126 Å². The largest absolute Gasteiger partial charge is 0.480 e. The summed E-state index contributed by atoms with van der Waals surface area (Å²) in [5.74, 6) is -0.980. The second-order valence-electron chi connectivity index (χ2n) is 5.74. The highest BCUT2D eigenvalue weighted by Crippen LogP contribution is 2.19. The van der Waals surface area contributed by atoms with Gasteiger partial charge in [0.15, 0.2) is 0 Å². The smallest absolute Gasteiger partial charge is 0.407 e. The number of carboxylic acids is 1. The molecule has 1 aliphatic carbocycles. The van der Waals surface area contributed by atoms with Gasteiger partial charge in [0, 0.05) is 6.54 Å². The van der Waals surface area contributed by atoms with E-state index in [-0.39, 0.29) is 12.2 Å². The topological polar surface area (TPSA) is 102 Å². The standard InChI is InChI=1S/C15H28N2O4/c16-13(14(18)19)10-6-7-11-17-15(20)21-12-8-4-2-1-3-5-9-12/h12-13H,1-11,16H2,(H,17,20)(H,18,19). The van der Waals surface area contributed by atoms with E-state index in [1.165, 1.54) is 19.3 Å². The van der Waals surface area contributed by atoms with Crippen molar-refractivity contribution < 1.29 is 19.4 Å². The van der Waals surface area contributed by atoms with Crippen molar-refractivity contribution >= 4 is 12.1 Å². The molecule has 122 valence electrons. The maximum atomic E-state index is 11.7. The summed E-state index contributed by atoms with van der Waals surface area (Å²) < 4.78 is 5.42. The van der Waals surface area contributed by atoms with Crippen LogP contribution in [0.3, 0.4) is 0 Å². The molecule has 0 bridgehead atoms. The minimum absolute atomic E-state index is 0.0470. The van der Waals surface area contributed by atoms with Crippen LogP contribution in [0.1, 0.15) is 64.2 Å². The number of carboxylic acid groups (broad SMARTS) is 1. The summed E-state index contributed by atoms with van der Waals surface area (Å²) >= 11 is 0. The molecule has 0 aromatic heterocycles. The predicted octanol–water partition coefficient (Wildman–Crippen LogP) is 2.41. The Hall–Kier alpha value is -1.30. The van der Waals surface area contributed by atoms with Gasteiger partial charge in [0.05, 0.1) is 0 Å². The molecule has 1 atom stereocenters. The average Bonchev–Trinajstić information content (AvgIpc) is 2.41. The van der Waals surface area contributed by atoms with E-state index in [2.05, 4.69) is 5.32 Å². The fraction of sp³-hybridized carbons (Fsp3) is 0.867. The van der Waals surface area contributed by atoms with Gasteiger partial charge in [-0.2, -0.15) is 0 Å². The van der Waals surface area contributed by atoms with Gasteiger partial charge in [-0.25, -0.2) is 4.79 Å². The van der Waals surface area contributed by atoms with E-state index in [1.807, 2.05) is 0 Å². The lowest BCUT2D eigenvalue weighted by Gasteiger charge is -2.20. The van der Waals surface area contributed by atoms with Gasteiger partial charge in [-0.05, 0) is 44.9 Å². The van der Waals surface area contributed by atoms with Crippen LogP contribution in [0.2, 0.25) is 0 Å². The van der Waals surface area contributed by atoms with Gasteiger partial charge < -0.3 is 20.9 Å². The molecule has 0 radical (unpaired) electrons. The Balaban J connectivity index is 2.06. The van der Waals surface area contributed by atoms with E-state index in [0.29, 0.717) is 25.8 Å². The molecule has 0 aliphatic heterocycles. The van der Waals surface area contributed by atoms with Crippen molar-refractivity contribution in [2.45, 2.75) is 76.4 Å². The number of aliphatic carboxylic acids is 1. The molecule has 6 heteroatoms. The third kappa shape index (κ3) is 8.55. The number of nitrogens with one attached hydrogen (secondary N) is 1. The molecular formula is C15H28N2O4. The van der Waals surface area contributed by atoms with Crippen LogP contribution in [-0.4, -0.2) is 35.9 Å². The number of nitrogens with two attached hydrogens (primary N) is 1. The summed E-state index contributed by atoms with van der Waals surface area (Å²) in [6.45, 7) is 0.498. The Kier molecular flexibility index (Phi) is 8.82. The average molecular weight is 300 g/mol. The summed E-state index contributed by atoms with van der Waals surface area (Å²) in [7, 11) is 0. The summed E-state index contributed by atoms with van der Waals surface area (Å²) in [4.78, 5) is 22.2. The van der Waals surface area contributed by atoms with Crippen molar-refractivity contribution in [1.82, 2.24) is 5.32 Å². The molecule has 1 aliphatic rings. The molecule has 1 unspecified atom stereocenters. The highest BCUT2D eigenvalue weighted by Gasteiger charge is 2.15. The van der Waals surface area contributed by atoms with E-state index in [1.54, 1.807) is 0 Å². The molecule has 0 heterocycles. The van der Waals surface area contributed by atoms with Crippen LogP contribution in [0.15, 0.2) is 0 Å². The van der Waals surface area contributed by atoms with Crippen LogP contribution in [0.25, 0.3) is 0 Å². The highest BCUT2D eigenvalue weighted by atomic mass is 16.6. The Bertz CT molecular complexity index is 315. The van der Waals surface area contributed by atoms with Crippen molar-refractivity contribution in [3.05, 3.63) is 0 Å². The third-order valence-corrected chi connectivity index (χ3v) is 3.85. The number of hydrogen-bond donors (Lipinski definition) is 3. The number of carbonyl (C=O) groups excluding carboxylic acids is 1. The zero-order valence-electron chi connectivity index (χ0n) is 12.7. The number of rotatable bonds is 7. The van der Waals surface area contributed by atoms with Crippen molar-refractivity contribution in [2.75, 3.05) is 6.54 Å². The van der Waals surface area contributed by atoms with Crippen LogP contribution < -0.4 is 11.1 Å². The first kappa shape index (κ1) is 17.8. The van der Waals surface area contributed by atoms with E-state index in [0.717, 1.165) is 25.7 Å². The first-order valence-corrected chi connectivity index (χ1v) is 8.02. The van der Waals surface area contributed by atoms with Crippen molar-refractivity contribution in [3.63, 3.8) is 0 Å². The Morgan fingerprint density at radius 2 is 1.76 bits per heavy atom. The fourth-order valence-electron chi connectivity index (χ4n) is 2.53. The molecular weight excluding hydrogens is 272 g/mol. The van der Waals surface area contributed by atoms with E-state index < -0.39 is 12.0 Å². The van der Waals surface area contributed by atoms with Crippen LogP contribution in [0.5, 0.6) is 0 Å². The zero-order chi connectivity index (χ0) is 15.5. The lowest BCUT2D eigenvalue weighted by atomic mass is 9.99. The first-order valence-electron chi connectivity index (χ1n) is 8.02. The molecule has 0 aromatic rings. The molecule has 4 N–H and O–H groups in total. The molecule has 1 rings (SSSR count). The SMILES string of the molecule is NC(CCCCNC(=O)OC1CCCCCCC1)C(=O)O. The molecule has 0 spiro atoms. The fourth-order valence-corrected chi connectivity index (χ4v) is 2.53. The monoisotopic (exact) mass is 300 g/mol.